The van der Waals surface area contributed by atoms with Crippen LogP contribution >= 0.6 is 11.3 Å². The van der Waals surface area contributed by atoms with Crippen LogP contribution in [-0.2, 0) is 4.79 Å². The molecule has 4 heteroatoms. The number of anilines is 3. The smallest absolute Gasteiger partial charge is 0.255 e. The lowest BCUT2D eigenvalue weighted by molar-refractivity contribution is -0.113. The van der Waals surface area contributed by atoms with Gasteiger partial charge in [0.2, 0.25) is 0 Å². The van der Waals surface area contributed by atoms with E-state index in [1.807, 2.05) is 66.1 Å². The van der Waals surface area contributed by atoms with Crippen LogP contribution in [0.2, 0.25) is 0 Å². The van der Waals surface area contributed by atoms with Crippen molar-refractivity contribution in [3.63, 3.8) is 0 Å². The summed E-state index contributed by atoms with van der Waals surface area (Å²) >= 11 is 1.60. The highest BCUT2D eigenvalue weighted by molar-refractivity contribution is 7.10. The molecule has 2 N–H and O–H groups in total. The zero-order chi connectivity index (χ0) is 16.1. The molecule has 0 saturated heterocycles. The Balaban J connectivity index is 1.95. The van der Waals surface area contributed by atoms with Gasteiger partial charge in [-0.3, -0.25) is 9.69 Å². The molecular formula is C19H16N2OS. The normalized spacial score (nSPS) is 10.8. The summed E-state index contributed by atoms with van der Waals surface area (Å²) < 4.78 is 0. The molecule has 0 fully saturated rings. The van der Waals surface area contributed by atoms with Gasteiger partial charge in [-0.05, 0) is 53.9 Å². The number of carbonyl (C=O) groups is 1. The fourth-order valence-corrected chi connectivity index (χ4v) is 2.84. The van der Waals surface area contributed by atoms with Crippen LogP contribution in [0.25, 0.3) is 6.08 Å². The van der Waals surface area contributed by atoms with Gasteiger partial charge in [0.05, 0.1) is 0 Å². The molecule has 2 aromatic carbocycles. The molecule has 0 spiro atoms. The molecule has 1 aromatic heterocycles. The Morgan fingerprint density at radius 2 is 1.61 bits per heavy atom. The van der Waals surface area contributed by atoms with Gasteiger partial charge in [0.25, 0.3) is 5.91 Å². The highest BCUT2D eigenvalue weighted by Crippen LogP contribution is 2.26. The van der Waals surface area contributed by atoms with Gasteiger partial charge in [-0.1, -0.05) is 24.3 Å². The first-order chi connectivity index (χ1) is 11.2. The van der Waals surface area contributed by atoms with Gasteiger partial charge >= 0.3 is 0 Å². The molecule has 1 amide bonds. The number of thiophene rings is 1. The first-order valence-corrected chi connectivity index (χ1v) is 8.08. The van der Waals surface area contributed by atoms with Gasteiger partial charge in [0.1, 0.15) is 0 Å². The minimum Gasteiger partial charge on any atom is -0.399 e. The maximum atomic E-state index is 12.7. The van der Waals surface area contributed by atoms with Gasteiger partial charge in [0.15, 0.2) is 0 Å². The van der Waals surface area contributed by atoms with Crippen molar-refractivity contribution < 1.29 is 4.79 Å². The van der Waals surface area contributed by atoms with Crippen molar-refractivity contribution >= 4 is 40.4 Å². The number of para-hydroxylation sites is 1. The summed E-state index contributed by atoms with van der Waals surface area (Å²) in [5.41, 5.74) is 8.02. The largest absolute Gasteiger partial charge is 0.399 e. The van der Waals surface area contributed by atoms with E-state index < -0.39 is 0 Å². The van der Waals surface area contributed by atoms with Crippen LogP contribution < -0.4 is 10.6 Å². The second-order valence-corrected chi connectivity index (χ2v) is 5.93. The molecule has 3 aromatic rings. The molecule has 0 aliphatic rings. The third-order valence-corrected chi connectivity index (χ3v) is 4.16. The molecule has 0 atom stereocenters. The fraction of sp³-hybridized carbons (Fsp3) is 0. The van der Waals surface area contributed by atoms with Crippen molar-refractivity contribution in [2.75, 3.05) is 10.6 Å². The molecular weight excluding hydrogens is 304 g/mol. The number of benzene rings is 2. The summed E-state index contributed by atoms with van der Waals surface area (Å²) in [7, 11) is 0. The summed E-state index contributed by atoms with van der Waals surface area (Å²) in [4.78, 5) is 15.5. The average molecular weight is 320 g/mol. The van der Waals surface area contributed by atoms with Gasteiger partial charge < -0.3 is 5.73 Å². The molecule has 0 saturated carbocycles. The molecule has 0 aliphatic carbocycles. The lowest BCUT2D eigenvalue weighted by atomic mass is 10.2. The Kier molecular flexibility index (Phi) is 4.54. The van der Waals surface area contributed by atoms with E-state index in [4.69, 9.17) is 5.73 Å². The molecule has 0 radical (unpaired) electrons. The second-order valence-electron chi connectivity index (χ2n) is 4.95. The second kappa shape index (κ2) is 6.94. The van der Waals surface area contributed by atoms with Crippen molar-refractivity contribution in [2.24, 2.45) is 0 Å². The number of hydrogen-bond acceptors (Lipinski definition) is 3. The number of hydrogen-bond donors (Lipinski definition) is 1. The zero-order valence-electron chi connectivity index (χ0n) is 12.4. The van der Waals surface area contributed by atoms with E-state index in [0.29, 0.717) is 5.69 Å². The first-order valence-electron chi connectivity index (χ1n) is 7.20. The maximum Gasteiger partial charge on any atom is 0.255 e. The number of carbonyl (C=O) groups excluding carboxylic acids is 1. The van der Waals surface area contributed by atoms with E-state index in [1.54, 1.807) is 34.4 Å². The molecule has 23 heavy (non-hydrogen) atoms. The van der Waals surface area contributed by atoms with E-state index in [1.165, 1.54) is 0 Å². The third kappa shape index (κ3) is 3.67. The van der Waals surface area contributed by atoms with Crippen LogP contribution in [0.1, 0.15) is 4.88 Å². The Bertz CT molecular complexity index is 793. The molecule has 0 aliphatic heterocycles. The molecule has 3 rings (SSSR count). The summed E-state index contributed by atoms with van der Waals surface area (Å²) in [5.74, 6) is -0.102. The predicted octanol–water partition coefficient (Wildman–Crippen LogP) is 4.71. The molecule has 114 valence electrons. The van der Waals surface area contributed by atoms with Crippen molar-refractivity contribution in [2.45, 2.75) is 0 Å². The van der Waals surface area contributed by atoms with E-state index >= 15 is 0 Å². The average Bonchev–Trinajstić information content (AvgIpc) is 3.09. The maximum absolute atomic E-state index is 12.7. The highest BCUT2D eigenvalue weighted by atomic mass is 32.1. The standard InChI is InChI=1S/C19H16N2OS/c20-15-8-10-17(11-9-15)21(16-5-2-1-3-6-16)19(22)13-12-18-7-4-14-23-18/h1-14H,20H2/b13-12+. The Hall–Kier alpha value is -2.85. The zero-order valence-corrected chi connectivity index (χ0v) is 13.2. The molecule has 0 unspecified atom stereocenters. The topological polar surface area (TPSA) is 46.3 Å². The molecule has 1 heterocycles. The number of nitrogens with zero attached hydrogens (tertiary/aromatic N) is 1. The minimum atomic E-state index is -0.102. The molecule has 0 bridgehead atoms. The summed E-state index contributed by atoms with van der Waals surface area (Å²) in [6.07, 6.45) is 3.43. The Labute approximate surface area is 139 Å². The van der Waals surface area contributed by atoms with Crippen LogP contribution in [0.15, 0.2) is 78.2 Å². The number of amides is 1. The SMILES string of the molecule is Nc1ccc(N(C(=O)/C=C/c2cccs2)c2ccccc2)cc1. The Morgan fingerprint density at radius 1 is 0.913 bits per heavy atom. The van der Waals surface area contributed by atoms with Crippen LogP contribution in [0.4, 0.5) is 17.1 Å². The van der Waals surface area contributed by atoms with Crippen LogP contribution in [0.5, 0.6) is 0 Å². The van der Waals surface area contributed by atoms with Gasteiger partial charge in [-0.25, -0.2) is 0 Å². The lowest BCUT2D eigenvalue weighted by Gasteiger charge is -2.21. The lowest BCUT2D eigenvalue weighted by Crippen LogP contribution is -2.23. The van der Waals surface area contributed by atoms with Crippen molar-refractivity contribution in [3.8, 4) is 0 Å². The van der Waals surface area contributed by atoms with Crippen molar-refractivity contribution in [1.82, 2.24) is 0 Å². The predicted molar refractivity (Wildman–Crippen MR) is 97.8 cm³/mol. The summed E-state index contributed by atoms with van der Waals surface area (Å²) in [5, 5.41) is 1.99. The summed E-state index contributed by atoms with van der Waals surface area (Å²) in [6.45, 7) is 0. The first kappa shape index (κ1) is 15.1. The third-order valence-electron chi connectivity index (χ3n) is 3.32. The number of nitrogens with two attached hydrogens (primary N) is 1. The minimum absolute atomic E-state index is 0.102. The van der Waals surface area contributed by atoms with Gasteiger partial charge in [-0.15, -0.1) is 11.3 Å². The van der Waals surface area contributed by atoms with E-state index in [2.05, 4.69) is 0 Å². The number of nitrogen functional groups attached to an aromatic ring is 1. The van der Waals surface area contributed by atoms with Gasteiger partial charge in [-0.2, -0.15) is 0 Å². The molecule has 3 nitrogen and oxygen atoms in total. The van der Waals surface area contributed by atoms with E-state index in [0.717, 1.165) is 16.3 Å². The Morgan fingerprint density at radius 3 is 2.26 bits per heavy atom. The highest BCUT2D eigenvalue weighted by Gasteiger charge is 2.15. The van der Waals surface area contributed by atoms with Gasteiger partial charge in [0, 0.05) is 28.0 Å². The quantitative estimate of drug-likeness (QED) is 0.559. The van der Waals surface area contributed by atoms with Crippen molar-refractivity contribution in [1.29, 1.82) is 0 Å². The van der Waals surface area contributed by atoms with Crippen LogP contribution in [0.3, 0.4) is 0 Å². The number of rotatable bonds is 4. The van der Waals surface area contributed by atoms with E-state index in [9.17, 15) is 4.79 Å². The van der Waals surface area contributed by atoms with E-state index in [-0.39, 0.29) is 5.91 Å². The summed E-state index contributed by atoms with van der Waals surface area (Å²) in [6, 6.07) is 20.8. The van der Waals surface area contributed by atoms with Crippen LogP contribution in [-0.4, -0.2) is 5.91 Å². The monoisotopic (exact) mass is 320 g/mol. The fourth-order valence-electron chi connectivity index (χ4n) is 2.22. The van der Waals surface area contributed by atoms with Crippen molar-refractivity contribution in [3.05, 3.63) is 83.1 Å². The van der Waals surface area contributed by atoms with Crippen LogP contribution in [0, 0.1) is 0 Å².